The van der Waals surface area contributed by atoms with Crippen LogP contribution in [0.15, 0.2) is 52.1 Å². The second kappa shape index (κ2) is 7.84. The largest absolute Gasteiger partial charge is 0.469 e. The summed E-state index contributed by atoms with van der Waals surface area (Å²) in [7, 11) is 1.38. The Morgan fingerprint density at radius 3 is 2.92 bits per heavy atom. The van der Waals surface area contributed by atoms with Crippen LogP contribution >= 0.6 is 28.1 Å². The first-order valence-corrected chi connectivity index (χ1v) is 8.95. The number of fused-ring (bicyclic) bond motifs is 1. The second-order valence-electron chi connectivity index (χ2n) is 5.50. The Morgan fingerprint density at radius 2 is 2.20 bits per heavy atom. The minimum Gasteiger partial charge on any atom is -0.469 e. The maximum absolute atomic E-state index is 11.5. The molecule has 1 aromatic heterocycles. The highest BCUT2D eigenvalue weighted by atomic mass is 79.9. The first-order chi connectivity index (χ1) is 12.1. The molecule has 0 amide bonds. The second-order valence-corrected chi connectivity index (χ2v) is 6.86. The van der Waals surface area contributed by atoms with Crippen LogP contribution in [0.5, 0.6) is 0 Å². The molecule has 0 fully saturated rings. The molecule has 0 radical (unpaired) electrons. The van der Waals surface area contributed by atoms with Crippen LogP contribution in [0.2, 0.25) is 0 Å². The maximum atomic E-state index is 11.5. The van der Waals surface area contributed by atoms with Crippen molar-refractivity contribution >= 4 is 50.5 Å². The van der Waals surface area contributed by atoms with Crippen LogP contribution in [-0.2, 0) is 9.53 Å². The van der Waals surface area contributed by atoms with Crippen molar-refractivity contribution in [3.05, 3.63) is 58.3 Å². The number of benzodiazepines with no additional fused rings is 1. The minimum absolute atomic E-state index is 0.252. The van der Waals surface area contributed by atoms with Crippen molar-refractivity contribution in [2.24, 2.45) is 4.99 Å². The summed E-state index contributed by atoms with van der Waals surface area (Å²) in [6.45, 7) is 0. The number of rotatable bonds is 4. The number of esters is 1. The number of ether oxygens (including phenoxy) is 1. The summed E-state index contributed by atoms with van der Waals surface area (Å²) < 4.78 is 5.67. The smallest absolute Gasteiger partial charge is 0.305 e. The lowest BCUT2D eigenvalue weighted by Crippen LogP contribution is -2.24. The number of anilines is 1. The van der Waals surface area contributed by atoms with Crippen LogP contribution in [0.3, 0.4) is 0 Å². The number of halogens is 1. The van der Waals surface area contributed by atoms with Gasteiger partial charge in [0.2, 0.25) is 0 Å². The summed E-state index contributed by atoms with van der Waals surface area (Å²) in [6.07, 6.45) is 2.46. The van der Waals surface area contributed by atoms with Gasteiger partial charge in [0.15, 0.2) is 0 Å². The number of carbonyl (C=O) groups excluding carboxylic acids is 1. The van der Waals surface area contributed by atoms with Crippen LogP contribution in [0.1, 0.15) is 24.1 Å². The Kier molecular flexibility index (Phi) is 5.55. The zero-order valence-corrected chi connectivity index (χ0v) is 15.9. The molecular formula is C18H16BrN3O2S. The first kappa shape index (κ1) is 17.7. The quantitative estimate of drug-likeness (QED) is 0.605. The topological polar surface area (TPSA) is 63.6 Å². The highest BCUT2D eigenvalue weighted by Gasteiger charge is 2.24. The number of benzene rings is 1. The third-order valence-corrected chi connectivity index (χ3v) is 4.71. The van der Waals surface area contributed by atoms with Crippen LogP contribution in [-0.4, -0.2) is 34.8 Å². The molecule has 3 rings (SSSR count). The van der Waals surface area contributed by atoms with Gasteiger partial charge in [-0.3, -0.25) is 14.8 Å². The average molecular weight is 418 g/mol. The molecule has 128 valence electrons. The Hall–Kier alpha value is -2.12. The molecule has 1 aromatic carbocycles. The molecule has 1 aliphatic rings. The maximum Gasteiger partial charge on any atom is 0.305 e. The fraction of sp³-hybridized carbons (Fsp3) is 0.222. The van der Waals surface area contributed by atoms with Gasteiger partial charge < -0.3 is 10.1 Å². The number of pyridine rings is 1. The number of aliphatic imine (C=N–C) groups is 1. The lowest BCUT2D eigenvalue weighted by Gasteiger charge is -2.13. The first-order valence-electron chi connectivity index (χ1n) is 7.75. The lowest BCUT2D eigenvalue weighted by atomic mass is 10.0. The van der Waals surface area contributed by atoms with E-state index in [2.05, 4.69) is 26.2 Å². The normalized spacial score (nSPS) is 16.3. The van der Waals surface area contributed by atoms with E-state index in [-0.39, 0.29) is 18.4 Å². The zero-order chi connectivity index (χ0) is 17.8. The molecule has 1 N–H and O–H groups in total. The molecule has 25 heavy (non-hydrogen) atoms. The Morgan fingerprint density at radius 1 is 1.36 bits per heavy atom. The molecule has 1 aliphatic heterocycles. The van der Waals surface area contributed by atoms with Crippen molar-refractivity contribution in [2.45, 2.75) is 18.9 Å². The fourth-order valence-electron chi connectivity index (χ4n) is 2.58. The van der Waals surface area contributed by atoms with Crippen molar-refractivity contribution in [1.29, 1.82) is 0 Å². The number of thiocarbonyl (C=S) groups is 1. The molecule has 0 unspecified atom stereocenters. The Bertz CT molecular complexity index is 839. The van der Waals surface area contributed by atoms with Gasteiger partial charge in [-0.25, -0.2) is 0 Å². The van der Waals surface area contributed by atoms with Gasteiger partial charge in [-0.15, -0.1) is 0 Å². The highest BCUT2D eigenvalue weighted by Crippen LogP contribution is 2.28. The lowest BCUT2D eigenvalue weighted by molar-refractivity contribution is -0.140. The fourth-order valence-corrected chi connectivity index (χ4v) is 3.22. The van der Waals surface area contributed by atoms with Gasteiger partial charge in [0.05, 0.1) is 18.5 Å². The molecule has 0 bridgehead atoms. The van der Waals surface area contributed by atoms with E-state index in [1.165, 1.54) is 7.11 Å². The summed E-state index contributed by atoms with van der Waals surface area (Å²) in [6, 6.07) is 11.3. The summed E-state index contributed by atoms with van der Waals surface area (Å²) in [5, 5.41) is 3.26. The molecule has 2 aromatic rings. The Labute approximate surface area is 159 Å². The SMILES string of the molecule is COC(=O)CC[C@@H]1N=C(c2ccccn2)c2cc(Br)ccc2NC1=S. The van der Waals surface area contributed by atoms with Gasteiger partial charge in [-0.2, -0.15) is 0 Å². The number of hydrogen-bond donors (Lipinski definition) is 1. The third kappa shape index (κ3) is 4.11. The highest BCUT2D eigenvalue weighted by molar-refractivity contribution is 9.10. The van der Waals surface area contributed by atoms with E-state index in [1.807, 2.05) is 36.4 Å². The number of aromatic nitrogens is 1. The van der Waals surface area contributed by atoms with Crippen molar-refractivity contribution < 1.29 is 9.53 Å². The number of carbonyl (C=O) groups is 1. The van der Waals surface area contributed by atoms with Crippen molar-refractivity contribution in [3.8, 4) is 0 Å². The van der Waals surface area contributed by atoms with E-state index in [0.29, 0.717) is 11.4 Å². The number of nitrogens with one attached hydrogen (secondary N) is 1. The van der Waals surface area contributed by atoms with Crippen LogP contribution in [0, 0.1) is 0 Å². The van der Waals surface area contributed by atoms with Crippen LogP contribution < -0.4 is 5.32 Å². The predicted octanol–water partition coefficient (Wildman–Crippen LogP) is 3.76. The van der Waals surface area contributed by atoms with Crippen LogP contribution in [0.25, 0.3) is 0 Å². The third-order valence-electron chi connectivity index (χ3n) is 3.84. The predicted molar refractivity (Wildman–Crippen MR) is 105 cm³/mol. The molecule has 1 atom stereocenters. The monoisotopic (exact) mass is 417 g/mol. The van der Waals surface area contributed by atoms with Gasteiger partial charge in [0.1, 0.15) is 11.0 Å². The summed E-state index contributed by atoms with van der Waals surface area (Å²) >= 11 is 9.02. The average Bonchev–Trinajstić information content (AvgIpc) is 2.76. The number of hydrogen-bond acceptors (Lipinski definition) is 5. The van der Waals surface area contributed by atoms with E-state index in [9.17, 15) is 4.79 Å². The number of methoxy groups -OCH3 is 1. The van der Waals surface area contributed by atoms with Crippen LogP contribution in [0.4, 0.5) is 5.69 Å². The Balaban J connectivity index is 2.05. The summed E-state index contributed by atoms with van der Waals surface area (Å²) in [4.78, 5) is 21.4. The van der Waals surface area contributed by atoms with Gasteiger partial charge in [-0.1, -0.05) is 34.2 Å². The van der Waals surface area contributed by atoms with Crippen molar-refractivity contribution in [3.63, 3.8) is 0 Å². The van der Waals surface area contributed by atoms with Gasteiger partial charge in [0, 0.05) is 28.3 Å². The minimum atomic E-state index is -0.322. The molecule has 0 spiro atoms. The van der Waals surface area contributed by atoms with Crippen molar-refractivity contribution in [2.75, 3.05) is 12.4 Å². The van der Waals surface area contributed by atoms with Crippen molar-refractivity contribution in [1.82, 2.24) is 4.98 Å². The summed E-state index contributed by atoms with van der Waals surface area (Å²) in [5.41, 5.74) is 3.30. The van der Waals surface area contributed by atoms with E-state index >= 15 is 0 Å². The van der Waals surface area contributed by atoms with E-state index in [4.69, 9.17) is 21.9 Å². The van der Waals surface area contributed by atoms with E-state index in [0.717, 1.165) is 27.1 Å². The molecule has 7 heteroatoms. The molecule has 5 nitrogen and oxygen atoms in total. The van der Waals surface area contributed by atoms with Gasteiger partial charge >= 0.3 is 5.97 Å². The molecule has 0 aliphatic carbocycles. The molecule has 2 heterocycles. The van der Waals surface area contributed by atoms with E-state index < -0.39 is 0 Å². The standard InChI is InChI=1S/C18H16BrN3O2S/c1-24-16(23)8-7-15-18(25)22-13-6-5-11(19)10-12(13)17(21-15)14-4-2-3-9-20-14/h2-6,9-10,15H,7-8H2,1H3,(H,22,25)/t15-/m0/s1. The molecule has 0 saturated carbocycles. The van der Waals surface area contributed by atoms with E-state index in [1.54, 1.807) is 6.20 Å². The van der Waals surface area contributed by atoms with Gasteiger partial charge in [0.25, 0.3) is 0 Å². The number of nitrogens with zero attached hydrogens (tertiary/aromatic N) is 2. The zero-order valence-electron chi connectivity index (χ0n) is 13.5. The molecule has 0 saturated heterocycles. The van der Waals surface area contributed by atoms with Gasteiger partial charge in [-0.05, 0) is 36.8 Å². The summed E-state index contributed by atoms with van der Waals surface area (Å²) in [5.74, 6) is -0.276. The molecular weight excluding hydrogens is 402 g/mol.